The fourth-order valence-corrected chi connectivity index (χ4v) is 5.68. The highest BCUT2D eigenvalue weighted by molar-refractivity contribution is 7.99. The summed E-state index contributed by atoms with van der Waals surface area (Å²) in [6, 6.07) is 4.40. The fraction of sp³-hybridized carbons (Fsp3) is 0.500. The van der Waals surface area contributed by atoms with Crippen LogP contribution < -0.4 is 10.1 Å². The number of hydrogen-bond donors (Lipinski definition) is 2. The van der Waals surface area contributed by atoms with E-state index < -0.39 is 10.0 Å². The molecule has 0 aliphatic carbocycles. The van der Waals surface area contributed by atoms with Gasteiger partial charge in [0.05, 0.1) is 17.0 Å². The zero-order valence-corrected chi connectivity index (χ0v) is 19.1. The second-order valence-corrected chi connectivity index (χ2v) is 10.2. The number of aryl methyl sites for hydroxylation is 1. The van der Waals surface area contributed by atoms with E-state index in [-0.39, 0.29) is 34.8 Å². The van der Waals surface area contributed by atoms with Crippen LogP contribution in [0.4, 0.5) is 0 Å². The van der Waals surface area contributed by atoms with Crippen molar-refractivity contribution < 1.29 is 17.9 Å². The lowest BCUT2D eigenvalue weighted by Gasteiger charge is -2.30. The number of rotatable bonds is 8. The van der Waals surface area contributed by atoms with Crippen molar-refractivity contribution in [3.63, 3.8) is 0 Å². The number of ether oxygens (including phenoxy) is 1. The number of piperidine rings is 1. The Hall–Kier alpha value is -1.82. The average Bonchev–Trinajstić information content (AvgIpc) is 3.16. The molecule has 1 aliphatic rings. The Morgan fingerprint density at radius 2 is 2.13 bits per heavy atom. The molecule has 0 unspecified atom stereocenters. The van der Waals surface area contributed by atoms with Crippen LogP contribution in [0.25, 0.3) is 0 Å². The molecule has 0 spiro atoms. The second kappa shape index (κ2) is 9.99. The van der Waals surface area contributed by atoms with Crippen molar-refractivity contribution >= 4 is 39.3 Å². The van der Waals surface area contributed by atoms with Gasteiger partial charge in [-0.3, -0.25) is 9.89 Å². The van der Waals surface area contributed by atoms with Gasteiger partial charge in [0.15, 0.2) is 0 Å². The van der Waals surface area contributed by atoms with Crippen molar-refractivity contribution in [3.05, 3.63) is 29.0 Å². The molecule has 1 fully saturated rings. The van der Waals surface area contributed by atoms with Crippen molar-refractivity contribution in [3.8, 4) is 5.75 Å². The van der Waals surface area contributed by atoms with Gasteiger partial charge in [-0.25, -0.2) is 13.4 Å². The highest BCUT2D eigenvalue weighted by Crippen LogP contribution is 2.30. The minimum atomic E-state index is -3.67. The molecular weight excluding hydrogens is 450 g/mol. The third-order valence-electron chi connectivity index (χ3n) is 4.79. The largest absolute Gasteiger partial charge is 0.495 e. The molecule has 1 aliphatic heterocycles. The van der Waals surface area contributed by atoms with Crippen LogP contribution in [0.1, 0.15) is 18.7 Å². The maximum Gasteiger partial charge on any atom is 0.243 e. The number of hydrogen-bond acceptors (Lipinski definition) is 7. The summed E-state index contributed by atoms with van der Waals surface area (Å²) in [6.45, 7) is 2.90. The van der Waals surface area contributed by atoms with E-state index in [1.54, 1.807) is 0 Å². The highest BCUT2D eigenvalue weighted by atomic mass is 35.5. The Kier molecular flexibility index (Phi) is 7.61. The molecule has 0 bridgehead atoms. The smallest absolute Gasteiger partial charge is 0.243 e. The summed E-state index contributed by atoms with van der Waals surface area (Å²) in [7, 11) is -2.20. The highest BCUT2D eigenvalue weighted by Gasteiger charge is 2.32. The number of nitrogens with zero attached hydrogens (tertiary/aromatic N) is 3. The lowest BCUT2D eigenvalue weighted by Crippen LogP contribution is -2.43. The van der Waals surface area contributed by atoms with E-state index in [2.05, 4.69) is 20.5 Å². The average molecular weight is 474 g/mol. The molecule has 2 N–H and O–H groups in total. The van der Waals surface area contributed by atoms with Crippen LogP contribution in [0, 0.1) is 12.8 Å². The normalized spacial score (nSPS) is 15.8. The number of aromatic nitrogens is 3. The van der Waals surface area contributed by atoms with Crippen molar-refractivity contribution in [2.45, 2.75) is 29.8 Å². The van der Waals surface area contributed by atoms with Crippen molar-refractivity contribution in [1.29, 1.82) is 0 Å². The van der Waals surface area contributed by atoms with E-state index in [0.29, 0.717) is 36.0 Å². The zero-order chi connectivity index (χ0) is 21.7. The van der Waals surface area contributed by atoms with E-state index in [1.165, 1.54) is 41.4 Å². The molecule has 0 atom stereocenters. The molecule has 1 aromatic carbocycles. The van der Waals surface area contributed by atoms with Crippen LogP contribution in [-0.2, 0) is 14.8 Å². The Morgan fingerprint density at radius 3 is 2.73 bits per heavy atom. The van der Waals surface area contributed by atoms with Crippen molar-refractivity contribution in [1.82, 2.24) is 24.8 Å². The molecule has 12 heteroatoms. The number of methoxy groups -OCH3 is 1. The van der Waals surface area contributed by atoms with Gasteiger partial charge in [-0.15, -0.1) is 5.10 Å². The third-order valence-corrected chi connectivity index (χ3v) is 7.83. The van der Waals surface area contributed by atoms with Gasteiger partial charge in [0.2, 0.25) is 21.1 Å². The third kappa shape index (κ3) is 5.45. The number of carbonyl (C=O) groups is 1. The molecule has 1 aromatic heterocycles. The topological polar surface area (TPSA) is 117 Å². The maximum absolute atomic E-state index is 12.9. The minimum absolute atomic E-state index is 0.0497. The Balaban J connectivity index is 1.47. The molecule has 30 heavy (non-hydrogen) atoms. The van der Waals surface area contributed by atoms with Crippen molar-refractivity contribution in [2.24, 2.45) is 5.92 Å². The van der Waals surface area contributed by atoms with Gasteiger partial charge in [0.25, 0.3) is 0 Å². The first kappa shape index (κ1) is 22.9. The molecule has 2 heterocycles. The number of sulfonamides is 1. The summed E-state index contributed by atoms with van der Waals surface area (Å²) in [5, 5.41) is 10.6. The van der Waals surface area contributed by atoms with Crippen LogP contribution in [0.5, 0.6) is 5.75 Å². The number of benzene rings is 1. The van der Waals surface area contributed by atoms with Gasteiger partial charge in [-0.05, 0) is 38.0 Å². The van der Waals surface area contributed by atoms with E-state index in [0.717, 1.165) is 5.82 Å². The molecule has 1 saturated heterocycles. The van der Waals surface area contributed by atoms with E-state index >= 15 is 0 Å². The second-order valence-electron chi connectivity index (χ2n) is 6.82. The van der Waals surface area contributed by atoms with Crippen LogP contribution in [0.15, 0.2) is 28.3 Å². The SMILES string of the molecule is COc1ccc(S(=O)(=O)N2CCC(C(=O)NCCSc3n[nH]c(C)n3)CC2)cc1Cl. The fourth-order valence-electron chi connectivity index (χ4n) is 3.16. The Labute approximate surface area is 185 Å². The number of H-pyrrole nitrogens is 1. The van der Waals surface area contributed by atoms with Gasteiger partial charge >= 0.3 is 0 Å². The lowest BCUT2D eigenvalue weighted by atomic mass is 9.97. The van der Waals surface area contributed by atoms with Gasteiger partial charge in [-0.1, -0.05) is 23.4 Å². The summed E-state index contributed by atoms with van der Waals surface area (Å²) >= 11 is 7.53. The first-order chi connectivity index (χ1) is 14.3. The summed E-state index contributed by atoms with van der Waals surface area (Å²) in [5.74, 6) is 1.58. The number of carbonyl (C=O) groups excluding carboxylic acids is 1. The number of halogens is 1. The maximum atomic E-state index is 12.9. The molecule has 0 saturated carbocycles. The Morgan fingerprint density at radius 1 is 1.40 bits per heavy atom. The van der Waals surface area contributed by atoms with E-state index in [9.17, 15) is 13.2 Å². The molecule has 164 valence electrons. The zero-order valence-electron chi connectivity index (χ0n) is 16.7. The van der Waals surface area contributed by atoms with Gasteiger partial charge in [0.1, 0.15) is 11.6 Å². The Bertz CT molecular complexity index is 990. The molecule has 0 radical (unpaired) electrons. The number of thioether (sulfide) groups is 1. The van der Waals surface area contributed by atoms with E-state index in [1.807, 2.05) is 6.92 Å². The molecule has 1 amide bonds. The van der Waals surface area contributed by atoms with Crippen LogP contribution >= 0.6 is 23.4 Å². The quantitative estimate of drug-likeness (QED) is 0.445. The minimum Gasteiger partial charge on any atom is -0.495 e. The predicted molar refractivity (Wildman–Crippen MR) is 114 cm³/mol. The van der Waals surface area contributed by atoms with Gasteiger partial charge in [0, 0.05) is 31.3 Å². The molecule has 3 rings (SSSR count). The van der Waals surface area contributed by atoms with E-state index in [4.69, 9.17) is 16.3 Å². The number of aromatic amines is 1. The van der Waals surface area contributed by atoms with Gasteiger partial charge in [-0.2, -0.15) is 4.31 Å². The first-order valence-electron chi connectivity index (χ1n) is 9.44. The first-order valence-corrected chi connectivity index (χ1v) is 12.2. The molecule has 9 nitrogen and oxygen atoms in total. The summed E-state index contributed by atoms with van der Waals surface area (Å²) < 4.78 is 32.2. The molecule has 2 aromatic rings. The summed E-state index contributed by atoms with van der Waals surface area (Å²) in [6.07, 6.45) is 0.949. The lowest BCUT2D eigenvalue weighted by molar-refractivity contribution is -0.125. The van der Waals surface area contributed by atoms with Gasteiger partial charge < -0.3 is 10.1 Å². The van der Waals surface area contributed by atoms with Crippen LogP contribution in [0.3, 0.4) is 0 Å². The number of amides is 1. The monoisotopic (exact) mass is 473 g/mol. The predicted octanol–water partition coefficient (Wildman–Crippen LogP) is 2.08. The van der Waals surface area contributed by atoms with Crippen LogP contribution in [0.2, 0.25) is 5.02 Å². The van der Waals surface area contributed by atoms with Crippen LogP contribution in [-0.4, -0.2) is 66.3 Å². The number of nitrogens with one attached hydrogen (secondary N) is 2. The van der Waals surface area contributed by atoms with Crippen molar-refractivity contribution in [2.75, 3.05) is 32.5 Å². The molecular formula is C18H24ClN5O4S2. The standard InChI is InChI=1S/C18H24ClN5O4S2/c1-12-21-18(23-22-12)29-10-7-20-17(25)13-5-8-24(9-6-13)30(26,27)14-3-4-16(28-2)15(19)11-14/h3-4,11,13H,5-10H2,1-2H3,(H,20,25)(H,21,22,23). The summed E-state index contributed by atoms with van der Waals surface area (Å²) in [5.41, 5.74) is 0. The summed E-state index contributed by atoms with van der Waals surface area (Å²) in [4.78, 5) is 16.7.